The SMILES string of the molecule is CSc1cnc(OCCOc2ncnc(NS(=O)(=O)c3ccc(C(C)(C)C)cc3)c2-c2ccc(C(C)C)cc2)nc1. The van der Waals surface area contributed by atoms with Crippen LogP contribution in [0.1, 0.15) is 51.7 Å². The van der Waals surface area contributed by atoms with Gasteiger partial charge in [0.1, 0.15) is 19.5 Å². The minimum atomic E-state index is -3.95. The van der Waals surface area contributed by atoms with Crippen LogP contribution in [0.3, 0.4) is 0 Å². The van der Waals surface area contributed by atoms with E-state index >= 15 is 0 Å². The highest BCUT2D eigenvalue weighted by molar-refractivity contribution is 7.98. The standard InChI is InChI=1S/C30H35N5O4S2/c1-20(2)21-7-9-22(10-8-21)26-27(35-41(36,37)25-13-11-23(12-14-25)30(3,4)5)33-19-34-28(26)38-15-16-39-29-31-17-24(40-6)18-32-29/h7-14,17-20H,15-16H2,1-6H3,(H,33,34,35). The molecule has 0 atom stereocenters. The van der Waals surface area contributed by atoms with Crippen LogP contribution < -0.4 is 14.2 Å². The lowest BCUT2D eigenvalue weighted by atomic mass is 9.87. The number of hydrogen-bond donors (Lipinski definition) is 1. The summed E-state index contributed by atoms with van der Waals surface area (Å²) in [4.78, 5) is 18.0. The number of nitrogens with zero attached hydrogens (tertiary/aromatic N) is 4. The van der Waals surface area contributed by atoms with Crippen molar-refractivity contribution in [2.24, 2.45) is 0 Å². The quantitative estimate of drug-likeness (QED) is 0.157. The molecule has 0 saturated heterocycles. The summed E-state index contributed by atoms with van der Waals surface area (Å²) >= 11 is 1.54. The Morgan fingerprint density at radius 2 is 1.51 bits per heavy atom. The summed E-state index contributed by atoms with van der Waals surface area (Å²) < 4.78 is 41.1. The maximum absolute atomic E-state index is 13.4. The zero-order chi connectivity index (χ0) is 29.6. The minimum absolute atomic E-state index is 0.0994. The van der Waals surface area contributed by atoms with Gasteiger partial charge in [0.05, 0.1) is 10.5 Å². The summed E-state index contributed by atoms with van der Waals surface area (Å²) in [6.45, 7) is 10.7. The number of hydrogen-bond acceptors (Lipinski definition) is 9. The lowest BCUT2D eigenvalue weighted by Gasteiger charge is -2.19. The molecule has 4 aromatic rings. The molecule has 216 valence electrons. The maximum Gasteiger partial charge on any atom is 0.316 e. The zero-order valence-corrected chi connectivity index (χ0v) is 25.7. The van der Waals surface area contributed by atoms with Gasteiger partial charge < -0.3 is 9.47 Å². The smallest absolute Gasteiger partial charge is 0.316 e. The molecule has 2 heterocycles. The van der Waals surface area contributed by atoms with Crippen molar-refractivity contribution in [3.05, 3.63) is 78.4 Å². The van der Waals surface area contributed by atoms with Gasteiger partial charge >= 0.3 is 6.01 Å². The molecule has 0 unspecified atom stereocenters. The largest absolute Gasteiger partial charge is 0.473 e. The third-order valence-electron chi connectivity index (χ3n) is 6.33. The predicted octanol–water partition coefficient (Wildman–Crippen LogP) is 6.34. The van der Waals surface area contributed by atoms with E-state index in [4.69, 9.17) is 9.47 Å². The van der Waals surface area contributed by atoms with Gasteiger partial charge in [-0.05, 0) is 46.4 Å². The molecule has 0 saturated carbocycles. The third-order valence-corrected chi connectivity index (χ3v) is 8.37. The first-order valence-electron chi connectivity index (χ1n) is 13.2. The fourth-order valence-corrected chi connectivity index (χ4v) is 5.26. The first kappa shape index (κ1) is 30.3. The highest BCUT2D eigenvalue weighted by Crippen LogP contribution is 2.36. The number of thioether (sulfide) groups is 1. The Hall–Kier alpha value is -3.70. The molecule has 2 aromatic heterocycles. The maximum atomic E-state index is 13.4. The topological polar surface area (TPSA) is 116 Å². The van der Waals surface area contributed by atoms with E-state index in [1.165, 1.54) is 6.33 Å². The van der Waals surface area contributed by atoms with Gasteiger partial charge in [0.25, 0.3) is 10.0 Å². The molecule has 11 heteroatoms. The van der Waals surface area contributed by atoms with Gasteiger partial charge in [-0.15, -0.1) is 11.8 Å². The monoisotopic (exact) mass is 593 g/mol. The van der Waals surface area contributed by atoms with Crippen molar-refractivity contribution >= 4 is 27.6 Å². The van der Waals surface area contributed by atoms with Crippen molar-refractivity contribution in [2.45, 2.75) is 55.7 Å². The first-order chi connectivity index (χ1) is 19.5. The van der Waals surface area contributed by atoms with Crippen LogP contribution in [0.5, 0.6) is 11.9 Å². The van der Waals surface area contributed by atoms with Crippen LogP contribution in [-0.2, 0) is 15.4 Å². The second-order valence-electron chi connectivity index (χ2n) is 10.7. The van der Waals surface area contributed by atoms with Crippen LogP contribution in [0.25, 0.3) is 11.1 Å². The van der Waals surface area contributed by atoms with Crippen LogP contribution in [0.15, 0.2) is 77.0 Å². The number of benzene rings is 2. The number of ether oxygens (including phenoxy) is 2. The number of nitrogens with one attached hydrogen (secondary N) is 1. The minimum Gasteiger partial charge on any atom is -0.473 e. The summed E-state index contributed by atoms with van der Waals surface area (Å²) in [5, 5.41) is 0. The van der Waals surface area contributed by atoms with Crippen molar-refractivity contribution in [2.75, 3.05) is 24.2 Å². The van der Waals surface area contributed by atoms with E-state index < -0.39 is 10.0 Å². The Morgan fingerprint density at radius 1 is 0.878 bits per heavy atom. The van der Waals surface area contributed by atoms with Crippen LogP contribution in [0, 0.1) is 0 Å². The van der Waals surface area contributed by atoms with Crippen LogP contribution >= 0.6 is 11.8 Å². The molecule has 0 bridgehead atoms. The highest BCUT2D eigenvalue weighted by Gasteiger charge is 2.23. The van der Waals surface area contributed by atoms with Gasteiger partial charge in [0, 0.05) is 17.3 Å². The molecule has 0 aliphatic carbocycles. The van der Waals surface area contributed by atoms with E-state index in [0.29, 0.717) is 17.0 Å². The molecular formula is C30H35N5O4S2. The van der Waals surface area contributed by atoms with Gasteiger partial charge in [0.2, 0.25) is 5.88 Å². The lowest BCUT2D eigenvalue weighted by Crippen LogP contribution is -2.17. The normalized spacial score (nSPS) is 11.9. The fraction of sp³-hybridized carbons (Fsp3) is 0.333. The molecule has 0 aliphatic rings. The lowest BCUT2D eigenvalue weighted by molar-refractivity contribution is 0.201. The number of sulfonamides is 1. The number of rotatable bonds is 11. The average Bonchev–Trinajstić information content (AvgIpc) is 2.95. The van der Waals surface area contributed by atoms with Crippen LogP contribution in [-0.4, -0.2) is 47.8 Å². The van der Waals surface area contributed by atoms with Gasteiger partial charge in [-0.25, -0.2) is 28.4 Å². The van der Waals surface area contributed by atoms with Gasteiger partial charge in [-0.2, -0.15) is 0 Å². The van der Waals surface area contributed by atoms with E-state index in [0.717, 1.165) is 16.0 Å². The summed E-state index contributed by atoms with van der Waals surface area (Å²) in [5.41, 5.74) is 3.22. The fourth-order valence-electron chi connectivity index (χ4n) is 3.93. The van der Waals surface area contributed by atoms with Gasteiger partial charge in [0.15, 0.2) is 5.82 Å². The van der Waals surface area contributed by atoms with Gasteiger partial charge in [-0.1, -0.05) is 71.0 Å². The van der Waals surface area contributed by atoms with Crippen molar-refractivity contribution in [3.8, 4) is 23.0 Å². The van der Waals surface area contributed by atoms with Gasteiger partial charge in [-0.3, -0.25) is 4.72 Å². The summed E-state index contributed by atoms with van der Waals surface area (Å²) in [5.74, 6) is 0.676. The molecule has 2 aromatic carbocycles. The molecule has 0 spiro atoms. The molecular weight excluding hydrogens is 558 g/mol. The summed E-state index contributed by atoms with van der Waals surface area (Å²) in [6.07, 6.45) is 6.59. The van der Waals surface area contributed by atoms with E-state index in [2.05, 4.69) is 59.3 Å². The molecule has 0 fully saturated rings. The Balaban J connectivity index is 1.61. The molecule has 41 heavy (non-hydrogen) atoms. The molecule has 0 radical (unpaired) electrons. The third kappa shape index (κ3) is 7.74. The Morgan fingerprint density at radius 3 is 2.10 bits per heavy atom. The average molecular weight is 594 g/mol. The number of aromatic nitrogens is 4. The van der Waals surface area contributed by atoms with Crippen molar-refractivity contribution < 1.29 is 17.9 Å². The predicted molar refractivity (Wildman–Crippen MR) is 162 cm³/mol. The van der Waals surface area contributed by atoms with Crippen molar-refractivity contribution in [1.29, 1.82) is 0 Å². The summed E-state index contributed by atoms with van der Waals surface area (Å²) in [7, 11) is -3.95. The van der Waals surface area contributed by atoms with E-state index in [1.807, 2.05) is 42.7 Å². The molecule has 4 rings (SSSR count). The molecule has 1 N–H and O–H groups in total. The van der Waals surface area contributed by atoms with Crippen LogP contribution in [0.4, 0.5) is 5.82 Å². The molecule has 0 amide bonds. The Kier molecular flexibility index (Phi) is 9.49. The Bertz CT molecular complexity index is 1550. The van der Waals surface area contributed by atoms with Crippen LogP contribution in [0.2, 0.25) is 0 Å². The highest BCUT2D eigenvalue weighted by atomic mass is 32.2. The second-order valence-corrected chi connectivity index (χ2v) is 13.2. The summed E-state index contributed by atoms with van der Waals surface area (Å²) in [6, 6.07) is 14.9. The van der Waals surface area contributed by atoms with E-state index in [1.54, 1.807) is 36.3 Å². The Labute approximate surface area is 246 Å². The second kappa shape index (κ2) is 12.9. The van der Waals surface area contributed by atoms with Crippen molar-refractivity contribution in [1.82, 2.24) is 19.9 Å². The zero-order valence-electron chi connectivity index (χ0n) is 24.1. The molecule has 9 nitrogen and oxygen atoms in total. The number of anilines is 1. The van der Waals surface area contributed by atoms with Crippen molar-refractivity contribution in [3.63, 3.8) is 0 Å². The molecule has 0 aliphatic heterocycles. The first-order valence-corrected chi connectivity index (χ1v) is 15.9. The van der Waals surface area contributed by atoms with E-state index in [9.17, 15) is 8.42 Å². The van der Waals surface area contributed by atoms with E-state index in [-0.39, 0.29) is 41.2 Å².